The number of rotatable bonds is 7. The van der Waals surface area contributed by atoms with E-state index in [-0.39, 0.29) is 47.3 Å². The summed E-state index contributed by atoms with van der Waals surface area (Å²) in [5.74, 6) is -1.30. The molecule has 0 aromatic carbocycles. The van der Waals surface area contributed by atoms with Gasteiger partial charge in [0, 0.05) is 10.8 Å². The number of imide groups is 2. The topological polar surface area (TPSA) is 92.3 Å². The summed E-state index contributed by atoms with van der Waals surface area (Å²) >= 11 is 0. The second kappa shape index (κ2) is 5.97. The van der Waals surface area contributed by atoms with E-state index in [0.29, 0.717) is 25.7 Å². The molecule has 4 amide bonds. The lowest BCUT2D eigenvalue weighted by Crippen LogP contribution is -2.49. The lowest BCUT2D eigenvalue weighted by Gasteiger charge is -2.47. The van der Waals surface area contributed by atoms with Gasteiger partial charge in [-0.05, 0) is 50.4 Å². The zero-order valence-electron chi connectivity index (χ0n) is 18.1. The number of amides is 4. The first-order chi connectivity index (χ1) is 15.3. The number of nitrogens with one attached hydrogen (secondary N) is 2. The lowest BCUT2D eigenvalue weighted by molar-refractivity contribution is -0.136. The Bertz CT molecular complexity index is 990. The third-order valence-corrected chi connectivity index (χ3v) is 10.0. The van der Waals surface area contributed by atoms with Crippen LogP contribution in [0, 0.1) is 45.3 Å². The second-order valence-electron chi connectivity index (χ2n) is 10.8. The maximum Gasteiger partial charge on any atom is 0.234 e. The molecular weight excluding hydrogens is 404 g/mol. The Balaban J connectivity index is 1.40. The Labute approximate surface area is 187 Å². The van der Waals surface area contributed by atoms with Crippen LogP contribution in [0.5, 0.6) is 0 Å². The van der Waals surface area contributed by atoms with Crippen LogP contribution < -0.4 is 10.6 Å². The number of fused-ring (bicyclic) bond motifs is 10. The summed E-state index contributed by atoms with van der Waals surface area (Å²) in [5.41, 5.74) is -2.50. The Hall–Kier alpha value is -2.76. The van der Waals surface area contributed by atoms with Gasteiger partial charge in [0.15, 0.2) is 0 Å². The van der Waals surface area contributed by atoms with Crippen molar-refractivity contribution in [2.45, 2.75) is 38.5 Å². The number of allylic oxidation sites excluding steroid dienone is 6. The van der Waals surface area contributed by atoms with E-state index < -0.39 is 21.7 Å². The third-order valence-electron chi connectivity index (χ3n) is 10.0. The third kappa shape index (κ3) is 1.87. The fourth-order valence-corrected chi connectivity index (χ4v) is 8.94. The van der Waals surface area contributed by atoms with Gasteiger partial charge >= 0.3 is 0 Å². The molecule has 2 aliphatic heterocycles. The summed E-state index contributed by atoms with van der Waals surface area (Å²) in [5, 5.41) is 5.21. The average Bonchev–Trinajstić information content (AvgIpc) is 3.54. The minimum atomic E-state index is -0.805. The lowest BCUT2D eigenvalue weighted by atomic mass is 9.53. The molecule has 8 unspecified atom stereocenters. The van der Waals surface area contributed by atoms with Crippen LogP contribution in [0.1, 0.15) is 38.5 Å². The first-order valence-corrected chi connectivity index (χ1v) is 11.6. The van der Waals surface area contributed by atoms with Crippen LogP contribution in [-0.4, -0.2) is 23.6 Å². The van der Waals surface area contributed by atoms with Crippen molar-refractivity contribution in [2.75, 3.05) is 0 Å². The summed E-state index contributed by atoms with van der Waals surface area (Å²) in [7, 11) is 0. The van der Waals surface area contributed by atoms with Gasteiger partial charge in [0.1, 0.15) is 0 Å². The molecule has 0 aromatic heterocycles. The smallest absolute Gasteiger partial charge is 0.234 e. The van der Waals surface area contributed by atoms with Crippen LogP contribution in [-0.2, 0) is 19.2 Å². The van der Waals surface area contributed by atoms with Crippen LogP contribution in [0.3, 0.4) is 0 Å². The van der Waals surface area contributed by atoms with E-state index >= 15 is 0 Å². The highest BCUT2D eigenvalue weighted by Crippen LogP contribution is 2.73. The Morgan fingerprint density at radius 3 is 1.56 bits per heavy atom. The number of hydrogen-bond acceptors (Lipinski definition) is 4. The van der Waals surface area contributed by atoms with Gasteiger partial charge in [0.2, 0.25) is 23.6 Å². The van der Waals surface area contributed by atoms with E-state index in [9.17, 15) is 19.2 Å². The highest BCUT2D eigenvalue weighted by atomic mass is 16.2. The van der Waals surface area contributed by atoms with Crippen LogP contribution in [0.2, 0.25) is 0 Å². The minimum Gasteiger partial charge on any atom is -0.296 e. The van der Waals surface area contributed by atoms with Crippen molar-refractivity contribution in [3.05, 3.63) is 49.6 Å². The molecule has 2 saturated heterocycles. The van der Waals surface area contributed by atoms with E-state index in [1.807, 2.05) is 0 Å². The van der Waals surface area contributed by atoms with Crippen LogP contribution in [0.25, 0.3) is 0 Å². The van der Waals surface area contributed by atoms with Gasteiger partial charge in [-0.15, -0.1) is 13.2 Å². The Morgan fingerprint density at radius 2 is 1.19 bits per heavy atom. The molecule has 6 aliphatic rings. The van der Waals surface area contributed by atoms with E-state index in [2.05, 4.69) is 48.1 Å². The number of carbonyl (C=O) groups excluding carboxylic acids is 4. The highest BCUT2D eigenvalue weighted by molar-refractivity contribution is 6.10. The zero-order valence-corrected chi connectivity index (χ0v) is 18.1. The van der Waals surface area contributed by atoms with E-state index in [4.69, 9.17) is 0 Å². The van der Waals surface area contributed by atoms with E-state index in [1.165, 1.54) is 0 Å². The molecule has 6 heteroatoms. The van der Waals surface area contributed by atoms with Crippen molar-refractivity contribution >= 4 is 23.6 Å². The molecule has 8 atom stereocenters. The molecule has 32 heavy (non-hydrogen) atoms. The average molecular weight is 433 g/mol. The molecule has 6 nitrogen and oxygen atoms in total. The van der Waals surface area contributed by atoms with Gasteiger partial charge in [-0.3, -0.25) is 29.8 Å². The van der Waals surface area contributed by atoms with Crippen molar-refractivity contribution in [1.82, 2.24) is 10.6 Å². The number of hydrogen-bond donors (Lipinski definition) is 2. The summed E-state index contributed by atoms with van der Waals surface area (Å²) in [4.78, 5) is 51.9. The molecule has 0 spiro atoms. The molecule has 4 fully saturated rings. The fourth-order valence-electron chi connectivity index (χ4n) is 8.94. The predicted molar refractivity (Wildman–Crippen MR) is 116 cm³/mol. The first kappa shape index (κ1) is 19.9. The maximum absolute atomic E-state index is 13.2. The Kier molecular flexibility index (Phi) is 3.71. The molecule has 2 saturated carbocycles. The van der Waals surface area contributed by atoms with Gasteiger partial charge in [-0.1, -0.05) is 36.5 Å². The molecule has 0 aromatic rings. The van der Waals surface area contributed by atoms with E-state index in [1.54, 1.807) is 12.2 Å². The van der Waals surface area contributed by atoms with Gasteiger partial charge in [-0.2, -0.15) is 0 Å². The van der Waals surface area contributed by atoms with Crippen LogP contribution in [0.15, 0.2) is 49.6 Å². The van der Waals surface area contributed by atoms with Crippen molar-refractivity contribution in [3.8, 4) is 0 Å². The quantitative estimate of drug-likeness (QED) is 0.478. The van der Waals surface area contributed by atoms with Crippen LogP contribution >= 0.6 is 0 Å². The Morgan fingerprint density at radius 1 is 0.781 bits per heavy atom. The fraction of sp³-hybridized carbons (Fsp3) is 0.538. The van der Waals surface area contributed by atoms with Gasteiger partial charge in [0.05, 0.1) is 22.7 Å². The highest BCUT2D eigenvalue weighted by Gasteiger charge is 2.75. The molecule has 4 bridgehead atoms. The largest absolute Gasteiger partial charge is 0.296 e. The first-order valence-electron chi connectivity index (χ1n) is 11.6. The molecular formula is C26H28N2O4. The number of carbonyl (C=O) groups is 4. The molecule has 2 heterocycles. The van der Waals surface area contributed by atoms with Crippen LogP contribution in [0.4, 0.5) is 0 Å². The molecule has 2 N–H and O–H groups in total. The second-order valence-corrected chi connectivity index (χ2v) is 10.8. The molecule has 4 aliphatic carbocycles. The van der Waals surface area contributed by atoms with Crippen molar-refractivity contribution in [1.29, 1.82) is 0 Å². The molecule has 6 rings (SSSR count). The van der Waals surface area contributed by atoms with Crippen molar-refractivity contribution < 1.29 is 19.2 Å². The summed E-state index contributed by atoms with van der Waals surface area (Å²) in [6.45, 7) is 7.79. The monoisotopic (exact) mass is 432 g/mol. The summed E-state index contributed by atoms with van der Waals surface area (Å²) in [6, 6.07) is 0. The van der Waals surface area contributed by atoms with Gasteiger partial charge in [-0.25, -0.2) is 0 Å². The van der Waals surface area contributed by atoms with Gasteiger partial charge < -0.3 is 0 Å². The SMILES string of the molecule is C=CCC12C(=O)NC(=O)C1C1C=CC2(CCC23C=CC(C2)C2C(=O)NC(=O)C23CC=C)C1. The zero-order chi connectivity index (χ0) is 22.5. The summed E-state index contributed by atoms with van der Waals surface area (Å²) in [6.07, 6.45) is 15.9. The molecule has 0 radical (unpaired) electrons. The van der Waals surface area contributed by atoms with Gasteiger partial charge in [0.25, 0.3) is 0 Å². The molecule has 166 valence electrons. The predicted octanol–water partition coefficient (Wildman–Crippen LogP) is 2.59. The minimum absolute atomic E-state index is 0.0561. The maximum atomic E-state index is 13.2. The summed E-state index contributed by atoms with van der Waals surface area (Å²) < 4.78 is 0. The standard InChI is InChI=1S/C26H28N2O4/c1-3-7-25-17(19(29)27-21(25)31)15-5-9-23(25,13-15)11-12-24-10-6-16(14-24)18-20(30)28-22(32)26(18,24)8-4-2/h3-6,9-10,15-18H,1-2,7-8,11-14H2,(H,27,29,31)(H,28,30,32). The van der Waals surface area contributed by atoms with Crippen molar-refractivity contribution in [2.24, 2.45) is 45.3 Å². The van der Waals surface area contributed by atoms with Crippen molar-refractivity contribution in [3.63, 3.8) is 0 Å². The van der Waals surface area contributed by atoms with E-state index in [0.717, 1.165) is 12.8 Å². The normalized spacial score (nSPS) is 48.9.